The van der Waals surface area contributed by atoms with E-state index in [1.54, 1.807) is 17.0 Å². The van der Waals surface area contributed by atoms with Crippen molar-refractivity contribution < 1.29 is 13.7 Å². The second-order valence-electron chi connectivity index (χ2n) is 9.73. The van der Waals surface area contributed by atoms with Crippen molar-refractivity contribution in [2.24, 2.45) is 0 Å². The second kappa shape index (κ2) is 8.03. The Morgan fingerprint density at radius 3 is 2.79 bits per heavy atom. The second-order valence-corrected chi connectivity index (χ2v) is 12.2. The van der Waals surface area contributed by atoms with Crippen molar-refractivity contribution in [1.29, 1.82) is 4.78 Å². The lowest BCUT2D eigenvalue weighted by atomic mass is 10.1. The number of nitrogens with one attached hydrogen (secondary N) is 1. The van der Waals surface area contributed by atoms with E-state index in [-0.39, 0.29) is 12.3 Å². The molecule has 0 radical (unpaired) electrons. The Bertz CT molecular complexity index is 1320. The first-order valence-corrected chi connectivity index (χ1v) is 14.0. The van der Waals surface area contributed by atoms with Crippen LogP contribution in [0, 0.1) is 4.78 Å². The molecule has 10 nitrogen and oxygen atoms in total. The molecule has 0 spiro atoms. The van der Waals surface area contributed by atoms with Gasteiger partial charge in [-0.2, -0.15) is 10.2 Å². The molecule has 5 heterocycles. The summed E-state index contributed by atoms with van der Waals surface area (Å²) in [4.78, 5) is 7.31. The van der Waals surface area contributed by atoms with Crippen molar-refractivity contribution in [1.82, 2.24) is 24.4 Å². The van der Waals surface area contributed by atoms with Crippen LogP contribution in [0.2, 0.25) is 0 Å². The predicted molar refractivity (Wildman–Crippen MR) is 128 cm³/mol. The SMILES string of the molecule is C[C@@H]1COCCN1c1cc(C2(S(C)(=N)=O)CC2)n2ncc(-c3ccnn3C3CCCCO3)c2n1. The molecule has 34 heavy (non-hydrogen) atoms. The number of aromatic nitrogens is 5. The number of ether oxygens (including phenoxy) is 2. The van der Waals surface area contributed by atoms with Gasteiger partial charge in [0.25, 0.3) is 0 Å². The summed E-state index contributed by atoms with van der Waals surface area (Å²) < 4.78 is 36.3. The molecule has 3 aromatic rings. The van der Waals surface area contributed by atoms with Crippen LogP contribution in [0.1, 0.15) is 50.9 Å². The number of nitrogens with zero attached hydrogens (tertiary/aromatic N) is 6. The number of hydrogen-bond acceptors (Lipinski definition) is 8. The van der Waals surface area contributed by atoms with Crippen LogP contribution in [0.15, 0.2) is 24.5 Å². The standard InChI is InChI=1S/C23H31N7O3S/c1-16-15-32-12-10-28(16)20-13-19(23(7-8-23)34(2,24)31)30-22(27-20)17(14-26-30)18-6-9-25-29(18)21-5-3-4-11-33-21/h6,9,13-14,16,21,24H,3-5,7-8,10-12,15H2,1-2H3/t16-,21?,34?/m1/s1. The molecule has 3 aliphatic rings. The zero-order chi connectivity index (χ0) is 23.5. The van der Waals surface area contributed by atoms with Gasteiger partial charge in [0.2, 0.25) is 0 Å². The molecular formula is C23H31N7O3S. The smallest absolute Gasteiger partial charge is 0.167 e. The lowest BCUT2D eigenvalue weighted by Crippen LogP contribution is -2.44. The highest BCUT2D eigenvalue weighted by atomic mass is 32.2. The quantitative estimate of drug-likeness (QED) is 0.591. The molecule has 2 aliphatic heterocycles. The summed E-state index contributed by atoms with van der Waals surface area (Å²) >= 11 is 0. The van der Waals surface area contributed by atoms with Crippen molar-refractivity contribution >= 4 is 21.2 Å². The van der Waals surface area contributed by atoms with Gasteiger partial charge in [-0.3, -0.25) is 4.78 Å². The normalized spacial score (nSPS) is 26.5. The monoisotopic (exact) mass is 485 g/mol. The molecule has 1 aliphatic carbocycles. The highest BCUT2D eigenvalue weighted by molar-refractivity contribution is 7.93. The molecule has 2 unspecified atom stereocenters. The molecule has 6 rings (SSSR count). The molecule has 1 saturated carbocycles. The van der Waals surface area contributed by atoms with Crippen LogP contribution in [-0.4, -0.2) is 67.3 Å². The third-order valence-corrected chi connectivity index (χ3v) is 9.52. The van der Waals surface area contributed by atoms with Gasteiger partial charge in [0.05, 0.1) is 56.9 Å². The highest BCUT2D eigenvalue weighted by Crippen LogP contribution is 2.53. The van der Waals surface area contributed by atoms with E-state index in [0.29, 0.717) is 31.7 Å². The first kappa shape index (κ1) is 22.0. The zero-order valence-corrected chi connectivity index (χ0v) is 20.5. The van der Waals surface area contributed by atoms with Crippen LogP contribution < -0.4 is 4.90 Å². The van der Waals surface area contributed by atoms with E-state index >= 15 is 0 Å². The highest BCUT2D eigenvalue weighted by Gasteiger charge is 2.53. The maximum Gasteiger partial charge on any atom is 0.167 e. The Kier molecular flexibility index (Phi) is 5.19. The first-order valence-electron chi connectivity index (χ1n) is 12.0. The third-order valence-electron chi connectivity index (χ3n) is 7.41. The Hall–Kier alpha value is -2.50. The van der Waals surface area contributed by atoms with Gasteiger partial charge in [0.1, 0.15) is 5.82 Å². The predicted octanol–water partition coefficient (Wildman–Crippen LogP) is 3.18. The number of rotatable bonds is 5. The Morgan fingerprint density at radius 1 is 1.24 bits per heavy atom. The van der Waals surface area contributed by atoms with Crippen molar-refractivity contribution in [2.45, 2.75) is 56.0 Å². The molecule has 1 N–H and O–H groups in total. The lowest BCUT2D eigenvalue weighted by Gasteiger charge is -2.35. The minimum atomic E-state index is -2.84. The molecule has 0 aromatic carbocycles. The van der Waals surface area contributed by atoms with Crippen molar-refractivity contribution in [3.63, 3.8) is 0 Å². The lowest BCUT2D eigenvalue weighted by molar-refractivity contribution is -0.0383. The van der Waals surface area contributed by atoms with Crippen LogP contribution in [0.25, 0.3) is 16.9 Å². The van der Waals surface area contributed by atoms with E-state index in [0.717, 1.165) is 55.2 Å². The van der Waals surface area contributed by atoms with E-state index < -0.39 is 14.5 Å². The van der Waals surface area contributed by atoms with Crippen LogP contribution in [0.4, 0.5) is 5.82 Å². The summed E-state index contributed by atoms with van der Waals surface area (Å²) in [6, 6.07) is 4.14. The summed E-state index contributed by atoms with van der Waals surface area (Å²) in [5.41, 5.74) is 3.26. The summed E-state index contributed by atoms with van der Waals surface area (Å²) in [5, 5.41) is 9.28. The van der Waals surface area contributed by atoms with Crippen LogP contribution in [0.5, 0.6) is 0 Å². The molecule has 2 saturated heterocycles. The third kappa shape index (κ3) is 3.44. The molecule has 3 atom stereocenters. The Balaban J connectivity index is 1.54. The van der Waals surface area contributed by atoms with Gasteiger partial charge in [-0.15, -0.1) is 0 Å². The summed E-state index contributed by atoms with van der Waals surface area (Å²) in [6.45, 7) is 4.86. The Morgan fingerprint density at radius 2 is 2.09 bits per heavy atom. The zero-order valence-electron chi connectivity index (χ0n) is 19.6. The first-order chi connectivity index (χ1) is 16.4. The number of hydrogen-bond donors (Lipinski definition) is 1. The minimum Gasteiger partial charge on any atom is -0.377 e. The average Bonchev–Trinajstić information content (AvgIpc) is 3.33. The molecule has 0 amide bonds. The fourth-order valence-electron chi connectivity index (χ4n) is 5.30. The number of morpholine rings is 1. The van der Waals surface area contributed by atoms with Gasteiger partial charge in [-0.1, -0.05) is 0 Å². The fraction of sp³-hybridized carbons (Fsp3) is 0.609. The average molecular weight is 486 g/mol. The van der Waals surface area contributed by atoms with E-state index in [1.165, 1.54) is 0 Å². The van der Waals surface area contributed by atoms with Crippen molar-refractivity contribution in [3.8, 4) is 11.3 Å². The van der Waals surface area contributed by atoms with Gasteiger partial charge in [-0.05, 0) is 45.1 Å². The molecule has 11 heteroatoms. The molecule has 0 bridgehead atoms. The van der Waals surface area contributed by atoms with E-state index in [4.69, 9.17) is 24.3 Å². The van der Waals surface area contributed by atoms with Gasteiger partial charge < -0.3 is 14.4 Å². The van der Waals surface area contributed by atoms with E-state index in [1.807, 2.05) is 23.0 Å². The molecule has 182 valence electrons. The largest absolute Gasteiger partial charge is 0.377 e. The van der Waals surface area contributed by atoms with E-state index in [2.05, 4.69) is 16.9 Å². The van der Waals surface area contributed by atoms with Crippen molar-refractivity contribution in [2.75, 3.05) is 37.5 Å². The Labute approximate surface area is 199 Å². The van der Waals surface area contributed by atoms with Gasteiger partial charge >= 0.3 is 0 Å². The molecular weight excluding hydrogens is 454 g/mol. The molecule has 3 fully saturated rings. The fourth-order valence-corrected chi connectivity index (χ4v) is 6.73. The van der Waals surface area contributed by atoms with Gasteiger partial charge in [0.15, 0.2) is 11.9 Å². The maximum atomic E-state index is 13.1. The van der Waals surface area contributed by atoms with Gasteiger partial charge in [0, 0.05) is 31.7 Å². The van der Waals surface area contributed by atoms with Gasteiger partial charge in [-0.25, -0.2) is 18.4 Å². The topological polar surface area (TPSA) is 111 Å². The van der Waals surface area contributed by atoms with Crippen LogP contribution in [-0.2, 0) is 23.9 Å². The summed E-state index contributed by atoms with van der Waals surface area (Å²) in [5.74, 6) is 0.815. The van der Waals surface area contributed by atoms with E-state index in [9.17, 15) is 4.21 Å². The van der Waals surface area contributed by atoms with Crippen LogP contribution in [0.3, 0.4) is 0 Å². The van der Waals surface area contributed by atoms with Crippen molar-refractivity contribution in [3.05, 3.63) is 30.2 Å². The summed E-state index contributed by atoms with van der Waals surface area (Å²) in [7, 11) is -2.84. The number of fused-ring (bicyclic) bond motifs is 1. The number of anilines is 1. The van der Waals surface area contributed by atoms with Crippen LogP contribution >= 0.6 is 0 Å². The summed E-state index contributed by atoms with van der Waals surface area (Å²) in [6.07, 6.45) is 9.57. The maximum absolute atomic E-state index is 13.1. The molecule has 3 aromatic heterocycles. The minimum absolute atomic E-state index is 0.104.